The number of anilines is 1. The molecule has 3 aromatic carbocycles. The number of fused-ring (bicyclic) bond motifs is 1. The van der Waals surface area contributed by atoms with Gasteiger partial charge in [-0.15, -0.1) is 0 Å². The zero-order valence-corrected chi connectivity index (χ0v) is 24.0. The zero-order chi connectivity index (χ0) is 28.2. The number of rotatable bonds is 5. The first-order valence-electron chi connectivity index (χ1n) is 15.4. The molecule has 41 heavy (non-hydrogen) atoms. The van der Waals surface area contributed by atoms with Gasteiger partial charge in [-0.3, -0.25) is 9.69 Å². The second-order valence-corrected chi connectivity index (χ2v) is 12.3. The molecular weight excluding hydrogens is 508 g/mol. The number of aromatic hydroxyl groups is 1. The number of carbonyl (C=O) groups is 1. The van der Waals surface area contributed by atoms with Crippen LogP contribution in [-0.4, -0.2) is 53.8 Å². The average Bonchev–Trinajstić information content (AvgIpc) is 3.40. The molecule has 1 unspecified atom stereocenters. The van der Waals surface area contributed by atoms with Gasteiger partial charge in [-0.1, -0.05) is 48.5 Å². The third-order valence-electron chi connectivity index (χ3n) is 9.72. The number of aliphatic carboxylic acids is 1. The maximum atomic E-state index is 11.2. The van der Waals surface area contributed by atoms with Crippen molar-refractivity contribution in [2.75, 3.05) is 37.6 Å². The molecule has 0 radical (unpaired) electrons. The molecular formula is C36H42N2O3. The van der Waals surface area contributed by atoms with Crippen molar-refractivity contribution in [1.29, 1.82) is 0 Å². The van der Waals surface area contributed by atoms with Gasteiger partial charge in [0, 0.05) is 18.8 Å². The first-order valence-corrected chi connectivity index (χ1v) is 15.4. The summed E-state index contributed by atoms with van der Waals surface area (Å²) in [6.07, 6.45) is 10.0. The monoisotopic (exact) mass is 550 g/mol. The van der Waals surface area contributed by atoms with Gasteiger partial charge >= 0.3 is 5.97 Å². The minimum atomic E-state index is -0.714. The van der Waals surface area contributed by atoms with E-state index in [1.165, 1.54) is 64.8 Å². The number of phenolic OH excluding ortho intramolecular Hbond substituents is 1. The summed E-state index contributed by atoms with van der Waals surface area (Å²) >= 11 is 0. The number of phenols is 1. The average molecular weight is 551 g/mol. The fourth-order valence-corrected chi connectivity index (χ4v) is 7.54. The summed E-state index contributed by atoms with van der Waals surface area (Å²) in [7, 11) is 0. The first kappa shape index (κ1) is 27.6. The largest absolute Gasteiger partial charge is 0.508 e. The maximum absolute atomic E-state index is 11.2. The summed E-state index contributed by atoms with van der Waals surface area (Å²) < 4.78 is 0. The normalized spacial score (nSPS) is 22.1. The third-order valence-corrected chi connectivity index (χ3v) is 9.72. The van der Waals surface area contributed by atoms with Crippen molar-refractivity contribution in [3.8, 4) is 5.75 Å². The van der Waals surface area contributed by atoms with Crippen LogP contribution in [0.4, 0.5) is 5.69 Å². The lowest BCUT2D eigenvalue weighted by molar-refractivity contribution is -0.138. The Hall–Kier alpha value is -3.57. The van der Waals surface area contributed by atoms with Gasteiger partial charge in [-0.25, -0.2) is 0 Å². The van der Waals surface area contributed by atoms with Gasteiger partial charge < -0.3 is 15.1 Å². The quantitative estimate of drug-likeness (QED) is 0.351. The molecule has 2 aliphatic heterocycles. The van der Waals surface area contributed by atoms with E-state index in [0.29, 0.717) is 11.2 Å². The molecule has 0 amide bonds. The molecule has 2 saturated heterocycles. The molecule has 5 heteroatoms. The lowest BCUT2D eigenvalue weighted by atomic mass is 9.75. The van der Waals surface area contributed by atoms with Crippen molar-refractivity contribution in [2.24, 2.45) is 5.41 Å². The fourth-order valence-electron chi connectivity index (χ4n) is 7.54. The molecule has 214 valence electrons. The number of aryl methyl sites for hydroxylation is 1. The lowest BCUT2D eigenvalue weighted by Crippen LogP contribution is -2.32. The summed E-state index contributed by atoms with van der Waals surface area (Å²) in [6, 6.07) is 25.8. The third kappa shape index (κ3) is 6.20. The molecule has 6 rings (SSSR count). The van der Waals surface area contributed by atoms with Gasteiger partial charge in [-0.2, -0.15) is 0 Å². The molecule has 1 aliphatic carbocycles. The van der Waals surface area contributed by atoms with E-state index in [0.717, 1.165) is 58.3 Å². The molecule has 0 bridgehead atoms. The van der Waals surface area contributed by atoms with E-state index in [9.17, 15) is 15.0 Å². The van der Waals surface area contributed by atoms with Crippen LogP contribution in [0.3, 0.4) is 0 Å². The fraction of sp³-hybridized carbons (Fsp3) is 0.417. The van der Waals surface area contributed by atoms with E-state index in [-0.39, 0.29) is 6.54 Å². The Balaban J connectivity index is 1.25. The summed E-state index contributed by atoms with van der Waals surface area (Å²) in [5.41, 5.74) is 9.25. The number of carboxylic acid groups (broad SMARTS) is 1. The van der Waals surface area contributed by atoms with Gasteiger partial charge in [0.15, 0.2) is 0 Å². The number of benzene rings is 3. The van der Waals surface area contributed by atoms with E-state index >= 15 is 0 Å². The van der Waals surface area contributed by atoms with Gasteiger partial charge in [0.25, 0.3) is 0 Å². The van der Waals surface area contributed by atoms with Crippen molar-refractivity contribution in [3.05, 3.63) is 95.1 Å². The Labute approximate surface area is 244 Å². The molecule has 5 nitrogen and oxygen atoms in total. The molecule has 3 aliphatic rings. The van der Waals surface area contributed by atoms with Crippen LogP contribution < -0.4 is 4.90 Å². The molecule has 2 N–H and O–H groups in total. The lowest BCUT2D eigenvalue weighted by Gasteiger charge is -2.32. The summed E-state index contributed by atoms with van der Waals surface area (Å²) in [5, 5.41) is 19.5. The van der Waals surface area contributed by atoms with E-state index in [4.69, 9.17) is 0 Å². The van der Waals surface area contributed by atoms with Crippen LogP contribution >= 0.6 is 0 Å². The molecule has 1 spiro atoms. The van der Waals surface area contributed by atoms with Crippen LogP contribution in [0.15, 0.2) is 72.8 Å². The Morgan fingerprint density at radius 2 is 1.51 bits per heavy atom. The van der Waals surface area contributed by atoms with E-state index < -0.39 is 5.97 Å². The summed E-state index contributed by atoms with van der Waals surface area (Å²) in [6.45, 7) is 4.10. The van der Waals surface area contributed by atoms with Gasteiger partial charge in [0.2, 0.25) is 0 Å². The van der Waals surface area contributed by atoms with Gasteiger partial charge in [-0.05, 0) is 134 Å². The SMILES string of the molecule is O=C(O)CN1CCCC2(CCCN(c3ccc(C4=C(c5ccccc5)CCCc5cc(O)ccc54)cc3)CC2)CC1. The minimum absolute atomic E-state index is 0.169. The van der Waals surface area contributed by atoms with E-state index in [1.54, 1.807) is 0 Å². The molecule has 0 saturated carbocycles. The van der Waals surface area contributed by atoms with Crippen LogP contribution in [-0.2, 0) is 11.2 Å². The second-order valence-electron chi connectivity index (χ2n) is 12.3. The summed E-state index contributed by atoms with van der Waals surface area (Å²) in [4.78, 5) is 15.9. The molecule has 2 fully saturated rings. The van der Waals surface area contributed by atoms with Crippen molar-refractivity contribution in [1.82, 2.24) is 4.90 Å². The molecule has 0 aromatic heterocycles. The number of hydrogen-bond acceptors (Lipinski definition) is 4. The number of hydrogen-bond donors (Lipinski definition) is 2. The highest BCUT2D eigenvalue weighted by Gasteiger charge is 2.34. The van der Waals surface area contributed by atoms with Crippen molar-refractivity contribution < 1.29 is 15.0 Å². The van der Waals surface area contributed by atoms with Crippen LogP contribution in [0.2, 0.25) is 0 Å². The number of likely N-dealkylation sites (tertiary alicyclic amines) is 1. The highest BCUT2D eigenvalue weighted by molar-refractivity contribution is 6.00. The van der Waals surface area contributed by atoms with Crippen LogP contribution in [0.25, 0.3) is 11.1 Å². The Morgan fingerprint density at radius 1 is 0.756 bits per heavy atom. The van der Waals surface area contributed by atoms with Crippen molar-refractivity contribution >= 4 is 22.8 Å². The molecule has 3 aromatic rings. The number of allylic oxidation sites excluding steroid dienone is 1. The predicted molar refractivity (Wildman–Crippen MR) is 166 cm³/mol. The topological polar surface area (TPSA) is 64.0 Å². The standard InChI is InChI=1S/C36H42N2O3/c39-31-15-16-33-29(25-31)9-4-10-32(27-7-2-1-3-8-27)35(33)28-11-13-30(14-12-28)38-22-6-18-36(20-24-38)17-5-21-37(23-19-36)26-34(40)41/h1-3,7-8,11-16,25,39H,4-6,9-10,17-24,26H2,(H,40,41). The van der Waals surface area contributed by atoms with Crippen LogP contribution in [0.1, 0.15) is 73.6 Å². The first-order chi connectivity index (χ1) is 20.0. The van der Waals surface area contributed by atoms with E-state index in [1.807, 2.05) is 12.1 Å². The number of nitrogens with zero attached hydrogens (tertiary/aromatic N) is 2. The van der Waals surface area contributed by atoms with Crippen LogP contribution in [0.5, 0.6) is 5.75 Å². The molecule has 1 atom stereocenters. The van der Waals surface area contributed by atoms with Crippen molar-refractivity contribution in [3.63, 3.8) is 0 Å². The van der Waals surface area contributed by atoms with Gasteiger partial charge in [0.1, 0.15) is 5.75 Å². The predicted octanol–water partition coefficient (Wildman–Crippen LogP) is 7.23. The minimum Gasteiger partial charge on any atom is -0.508 e. The Bertz CT molecular complexity index is 1400. The Kier molecular flexibility index (Phi) is 8.16. The number of carboxylic acids is 1. The smallest absolute Gasteiger partial charge is 0.317 e. The Morgan fingerprint density at radius 3 is 2.29 bits per heavy atom. The maximum Gasteiger partial charge on any atom is 0.317 e. The van der Waals surface area contributed by atoms with E-state index in [2.05, 4.69) is 70.5 Å². The molecule has 2 heterocycles. The zero-order valence-electron chi connectivity index (χ0n) is 24.0. The summed E-state index contributed by atoms with van der Waals surface area (Å²) in [5.74, 6) is -0.377. The van der Waals surface area contributed by atoms with Crippen LogP contribution in [0, 0.1) is 5.41 Å². The van der Waals surface area contributed by atoms with Crippen molar-refractivity contribution in [2.45, 2.75) is 57.8 Å². The second kappa shape index (κ2) is 12.1. The highest BCUT2D eigenvalue weighted by Crippen LogP contribution is 2.43. The highest BCUT2D eigenvalue weighted by atomic mass is 16.4. The van der Waals surface area contributed by atoms with Gasteiger partial charge in [0.05, 0.1) is 6.54 Å².